The summed E-state index contributed by atoms with van der Waals surface area (Å²) in [6.45, 7) is 4.04. The van der Waals surface area contributed by atoms with Gasteiger partial charge in [0.1, 0.15) is 11.6 Å². The molecule has 2 aliphatic rings. The third kappa shape index (κ3) is 5.63. The zero-order valence-corrected chi connectivity index (χ0v) is 18.4. The van der Waals surface area contributed by atoms with E-state index in [1.807, 2.05) is 11.0 Å². The molecule has 32 heavy (non-hydrogen) atoms. The number of pyridine rings is 1. The monoisotopic (exact) mass is 435 g/mol. The molecule has 2 heterocycles. The molecule has 0 atom stereocenters. The number of carbonyl (C=O) groups is 1. The lowest BCUT2D eigenvalue weighted by Crippen LogP contribution is -2.51. The van der Waals surface area contributed by atoms with Crippen LogP contribution in [-0.4, -0.2) is 59.5 Å². The van der Waals surface area contributed by atoms with Gasteiger partial charge in [0.15, 0.2) is 0 Å². The van der Waals surface area contributed by atoms with E-state index in [1.165, 1.54) is 18.6 Å². The largest absolute Gasteiger partial charge is 0.354 e. The van der Waals surface area contributed by atoms with Crippen molar-refractivity contribution in [2.24, 2.45) is 0 Å². The van der Waals surface area contributed by atoms with Crippen molar-refractivity contribution >= 4 is 11.7 Å². The molecule has 0 N–H and O–H groups in total. The first kappa shape index (κ1) is 22.2. The van der Waals surface area contributed by atoms with Crippen molar-refractivity contribution in [3.63, 3.8) is 0 Å². The minimum Gasteiger partial charge on any atom is -0.354 e. The average molecular weight is 436 g/mol. The van der Waals surface area contributed by atoms with Gasteiger partial charge in [-0.1, -0.05) is 31.4 Å². The number of piperazine rings is 1. The minimum atomic E-state index is -0.253. The second-order valence-electron chi connectivity index (χ2n) is 8.72. The molecule has 1 aliphatic carbocycles. The van der Waals surface area contributed by atoms with Gasteiger partial charge in [-0.15, -0.1) is 0 Å². The van der Waals surface area contributed by atoms with E-state index in [0.717, 1.165) is 63.2 Å². The predicted molar refractivity (Wildman–Crippen MR) is 121 cm³/mol. The third-order valence-corrected chi connectivity index (χ3v) is 6.53. The topological polar surface area (TPSA) is 63.5 Å². The normalized spacial score (nSPS) is 17.7. The van der Waals surface area contributed by atoms with Crippen LogP contribution in [0.25, 0.3) is 0 Å². The lowest BCUT2D eigenvalue weighted by atomic mass is 9.93. The molecule has 0 spiro atoms. The fourth-order valence-electron chi connectivity index (χ4n) is 4.68. The number of hydrogen-bond donors (Lipinski definition) is 0. The molecular formula is C25H30FN5O. The van der Waals surface area contributed by atoms with Gasteiger partial charge < -0.3 is 9.80 Å². The molecule has 1 aromatic heterocycles. The predicted octanol–water partition coefficient (Wildman–Crippen LogP) is 3.58. The Bertz CT molecular complexity index is 944. The van der Waals surface area contributed by atoms with Gasteiger partial charge in [-0.3, -0.25) is 9.69 Å². The molecule has 168 valence electrons. The van der Waals surface area contributed by atoms with E-state index < -0.39 is 0 Å². The summed E-state index contributed by atoms with van der Waals surface area (Å²) in [4.78, 5) is 24.2. The summed E-state index contributed by atoms with van der Waals surface area (Å²) in [5.41, 5.74) is 1.58. The number of nitriles is 1. The van der Waals surface area contributed by atoms with E-state index in [0.29, 0.717) is 18.7 Å². The molecule has 1 amide bonds. The van der Waals surface area contributed by atoms with Crippen LogP contribution in [0.4, 0.5) is 10.2 Å². The van der Waals surface area contributed by atoms with Crippen molar-refractivity contribution in [1.29, 1.82) is 5.26 Å². The van der Waals surface area contributed by atoms with Gasteiger partial charge >= 0.3 is 0 Å². The Hall–Kier alpha value is -2.98. The summed E-state index contributed by atoms with van der Waals surface area (Å²) in [5.74, 6) is 0.714. The highest BCUT2D eigenvalue weighted by atomic mass is 19.1. The summed E-state index contributed by atoms with van der Waals surface area (Å²) >= 11 is 0. The number of rotatable bonds is 6. The van der Waals surface area contributed by atoms with Crippen LogP contribution in [0.1, 0.15) is 43.2 Å². The lowest BCUT2D eigenvalue weighted by molar-refractivity contribution is -0.136. The Kier molecular flexibility index (Phi) is 7.33. The highest BCUT2D eigenvalue weighted by Gasteiger charge is 2.28. The van der Waals surface area contributed by atoms with Crippen LogP contribution < -0.4 is 4.90 Å². The molecule has 0 unspecified atom stereocenters. The van der Waals surface area contributed by atoms with E-state index in [1.54, 1.807) is 24.4 Å². The molecule has 1 saturated carbocycles. The molecule has 2 aromatic rings. The maximum absolute atomic E-state index is 13.4. The van der Waals surface area contributed by atoms with Crippen molar-refractivity contribution in [2.75, 3.05) is 37.6 Å². The molecule has 1 aliphatic heterocycles. The number of anilines is 1. The SMILES string of the molecule is N#Cc1ccnc(N2CCN(CC(=O)N(Cc3ccc(F)cc3)C3CCCCC3)CC2)c1. The van der Waals surface area contributed by atoms with E-state index in [4.69, 9.17) is 5.26 Å². The number of hydrogen-bond acceptors (Lipinski definition) is 5. The summed E-state index contributed by atoms with van der Waals surface area (Å²) < 4.78 is 13.3. The molecule has 6 nitrogen and oxygen atoms in total. The fraction of sp³-hybridized carbons (Fsp3) is 0.480. The molecule has 1 saturated heterocycles. The minimum absolute atomic E-state index is 0.152. The molecule has 1 aromatic carbocycles. The van der Waals surface area contributed by atoms with E-state index in [2.05, 4.69) is 20.9 Å². The van der Waals surface area contributed by atoms with Gasteiger partial charge in [0.05, 0.1) is 18.2 Å². The van der Waals surface area contributed by atoms with Crippen LogP contribution in [0.5, 0.6) is 0 Å². The third-order valence-electron chi connectivity index (χ3n) is 6.53. The van der Waals surface area contributed by atoms with Crippen molar-refractivity contribution in [3.05, 3.63) is 59.5 Å². The molecule has 2 fully saturated rings. The van der Waals surface area contributed by atoms with Gasteiger partial charge in [-0.25, -0.2) is 9.37 Å². The maximum Gasteiger partial charge on any atom is 0.237 e. The number of nitrogens with zero attached hydrogens (tertiary/aromatic N) is 5. The summed E-state index contributed by atoms with van der Waals surface area (Å²) in [7, 11) is 0. The Balaban J connectivity index is 1.37. The number of carbonyl (C=O) groups excluding carboxylic acids is 1. The first-order valence-corrected chi connectivity index (χ1v) is 11.5. The molecule has 0 bridgehead atoms. The van der Waals surface area contributed by atoms with Crippen LogP contribution >= 0.6 is 0 Å². The zero-order chi connectivity index (χ0) is 22.3. The Labute approximate surface area is 189 Å². The average Bonchev–Trinajstić information content (AvgIpc) is 2.84. The van der Waals surface area contributed by atoms with Gasteiger partial charge in [0, 0.05) is 45.0 Å². The highest BCUT2D eigenvalue weighted by Crippen LogP contribution is 2.25. The van der Waals surface area contributed by atoms with Gasteiger partial charge in [-0.2, -0.15) is 5.26 Å². The highest BCUT2D eigenvalue weighted by molar-refractivity contribution is 5.78. The Morgan fingerprint density at radius 2 is 1.81 bits per heavy atom. The maximum atomic E-state index is 13.4. The number of aromatic nitrogens is 1. The molecule has 4 rings (SSSR count). The number of halogens is 1. The molecular weight excluding hydrogens is 405 g/mol. The van der Waals surface area contributed by atoms with Crippen LogP contribution in [0, 0.1) is 17.1 Å². The standard InChI is InChI=1S/C25H30FN5O/c26-22-8-6-20(7-9-22)18-31(23-4-2-1-3-5-23)25(32)19-29-12-14-30(15-13-29)24-16-21(17-27)10-11-28-24/h6-11,16,23H,1-5,12-15,18-19H2. The van der Waals surface area contributed by atoms with Crippen molar-refractivity contribution < 1.29 is 9.18 Å². The Morgan fingerprint density at radius 3 is 2.50 bits per heavy atom. The van der Waals surface area contributed by atoms with E-state index in [9.17, 15) is 9.18 Å². The van der Waals surface area contributed by atoms with Crippen LogP contribution in [-0.2, 0) is 11.3 Å². The quantitative estimate of drug-likeness (QED) is 0.694. The first-order chi connectivity index (χ1) is 15.6. The smallest absolute Gasteiger partial charge is 0.237 e. The first-order valence-electron chi connectivity index (χ1n) is 11.5. The second-order valence-corrected chi connectivity index (χ2v) is 8.72. The van der Waals surface area contributed by atoms with Gasteiger partial charge in [-0.05, 0) is 42.7 Å². The van der Waals surface area contributed by atoms with Gasteiger partial charge in [0.2, 0.25) is 5.91 Å². The van der Waals surface area contributed by atoms with E-state index >= 15 is 0 Å². The van der Waals surface area contributed by atoms with Gasteiger partial charge in [0.25, 0.3) is 0 Å². The number of amides is 1. The number of benzene rings is 1. The second kappa shape index (κ2) is 10.6. The van der Waals surface area contributed by atoms with Crippen LogP contribution in [0.3, 0.4) is 0 Å². The lowest BCUT2D eigenvalue weighted by Gasteiger charge is -2.38. The fourth-order valence-corrected chi connectivity index (χ4v) is 4.68. The summed E-state index contributed by atoms with van der Waals surface area (Å²) in [6.07, 6.45) is 7.30. The van der Waals surface area contributed by atoms with Crippen LogP contribution in [0.15, 0.2) is 42.6 Å². The summed E-state index contributed by atoms with van der Waals surface area (Å²) in [6, 6.07) is 12.4. The zero-order valence-electron chi connectivity index (χ0n) is 18.4. The van der Waals surface area contributed by atoms with Crippen molar-refractivity contribution in [2.45, 2.75) is 44.7 Å². The van der Waals surface area contributed by atoms with Crippen LogP contribution in [0.2, 0.25) is 0 Å². The molecule has 7 heteroatoms. The van der Waals surface area contributed by atoms with E-state index in [-0.39, 0.29) is 17.8 Å². The summed E-state index contributed by atoms with van der Waals surface area (Å²) in [5, 5.41) is 9.12. The molecule has 0 radical (unpaired) electrons. The van der Waals surface area contributed by atoms with Crippen molar-refractivity contribution in [1.82, 2.24) is 14.8 Å². The van der Waals surface area contributed by atoms with Crippen molar-refractivity contribution in [3.8, 4) is 6.07 Å². The Morgan fingerprint density at radius 1 is 1.09 bits per heavy atom.